The Labute approximate surface area is 124 Å². The van der Waals surface area contributed by atoms with E-state index < -0.39 is 0 Å². The number of hydrogen-bond acceptors (Lipinski definition) is 2. The van der Waals surface area contributed by atoms with Crippen LogP contribution in [-0.4, -0.2) is 29.9 Å². The molecule has 2 atom stereocenters. The summed E-state index contributed by atoms with van der Waals surface area (Å²) in [5, 5.41) is 3.45. The Bertz CT molecular complexity index is 521. The van der Waals surface area contributed by atoms with Crippen LogP contribution in [0.2, 0.25) is 0 Å². The molecular weight excluding hydrogens is 279 g/mol. The molecule has 3 nitrogen and oxygen atoms in total. The SMILES string of the molecule is CC(C)C(=O)N1CC[C@H]2Nc3ccc(F)cc3[C@@H]2C1.Cl. The molecule has 1 amide bonds. The first-order chi connectivity index (χ1) is 9.06. The van der Waals surface area contributed by atoms with Gasteiger partial charge in [0.15, 0.2) is 0 Å². The van der Waals surface area contributed by atoms with Gasteiger partial charge in [0.25, 0.3) is 0 Å². The molecule has 0 aliphatic carbocycles. The molecule has 2 heterocycles. The molecule has 1 fully saturated rings. The van der Waals surface area contributed by atoms with Crippen molar-refractivity contribution in [3.8, 4) is 0 Å². The topological polar surface area (TPSA) is 32.3 Å². The van der Waals surface area contributed by atoms with Crippen LogP contribution in [0, 0.1) is 11.7 Å². The first-order valence-corrected chi connectivity index (χ1v) is 6.91. The highest BCUT2D eigenvalue weighted by atomic mass is 35.5. The van der Waals surface area contributed by atoms with Crippen LogP contribution in [0.25, 0.3) is 0 Å². The highest BCUT2D eigenvalue weighted by Crippen LogP contribution is 2.40. The molecule has 0 bridgehead atoms. The maximum Gasteiger partial charge on any atom is 0.225 e. The van der Waals surface area contributed by atoms with E-state index in [-0.39, 0.29) is 36.0 Å². The second kappa shape index (κ2) is 5.60. The van der Waals surface area contributed by atoms with Crippen molar-refractivity contribution >= 4 is 24.0 Å². The molecule has 20 heavy (non-hydrogen) atoms. The zero-order chi connectivity index (χ0) is 13.6. The third-order valence-electron chi connectivity index (χ3n) is 4.17. The van der Waals surface area contributed by atoms with Gasteiger partial charge in [0, 0.05) is 36.7 Å². The minimum absolute atomic E-state index is 0. The molecule has 1 N–H and O–H groups in total. The van der Waals surface area contributed by atoms with Crippen LogP contribution in [0.4, 0.5) is 10.1 Å². The van der Waals surface area contributed by atoms with Gasteiger partial charge in [-0.2, -0.15) is 0 Å². The van der Waals surface area contributed by atoms with Crippen molar-refractivity contribution in [2.75, 3.05) is 18.4 Å². The van der Waals surface area contributed by atoms with Gasteiger partial charge in [0.05, 0.1) is 0 Å². The van der Waals surface area contributed by atoms with Crippen molar-refractivity contribution in [3.63, 3.8) is 0 Å². The van der Waals surface area contributed by atoms with Gasteiger partial charge >= 0.3 is 0 Å². The monoisotopic (exact) mass is 298 g/mol. The Hall–Kier alpha value is -1.29. The zero-order valence-corrected chi connectivity index (χ0v) is 12.5. The number of amides is 1. The van der Waals surface area contributed by atoms with Crippen LogP contribution in [-0.2, 0) is 4.79 Å². The summed E-state index contributed by atoms with van der Waals surface area (Å²) >= 11 is 0. The molecule has 0 unspecified atom stereocenters. The lowest BCUT2D eigenvalue weighted by Crippen LogP contribution is -2.46. The van der Waals surface area contributed by atoms with Crippen molar-refractivity contribution in [3.05, 3.63) is 29.6 Å². The van der Waals surface area contributed by atoms with Crippen molar-refractivity contribution in [1.82, 2.24) is 4.90 Å². The Morgan fingerprint density at radius 2 is 2.20 bits per heavy atom. The lowest BCUT2D eigenvalue weighted by molar-refractivity contribution is -0.135. The highest BCUT2D eigenvalue weighted by molar-refractivity contribution is 5.85. The summed E-state index contributed by atoms with van der Waals surface area (Å²) < 4.78 is 13.4. The third-order valence-corrected chi connectivity index (χ3v) is 4.17. The number of fused-ring (bicyclic) bond motifs is 3. The molecule has 1 saturated heterocycles. The average molecular weight is 299 g/mol. The smallest absolute Gasteiger partial charge is 0.225 e. The van der Waals surface area contributed by atoms with Crippen LogP contribution in [0.15, 0.2) is 18.2 Å². The summed E-state index contributed by atoms with van der Waals surface area (Å²) in [6, 6.07) is 5.24. The van der Waals surface area contributed by atoms with Crippen LogP contribution in [0.5, 0.6) is 0 Å². The van der Waals surface area contributed by atoms with Crippen LogP contribution in [0.3, 0.4) is 0 Å². The summed E-state index contributed by atoms with van der Waals surface area (Å²) in [6.45, 7) is 5.34. The van der Waals surface area contributed by atoms with Crippen LogP contribution >= 0.6 is 12.4 Å². The number of piperidine rings is 1. The fraction of sp³-hybridized carbons (Fsp3) is 0.533. The second-order valence-corrected chi connectivity index (χ2v) is 5.82. The molecule has 0 saturated carbocycles. The number of likely N-dealkylation sites (tertiary alicyclic amines) is 1. The quantitative estimate of drug-likeness (QED) is 0.864. The van der Waals surface area contributed by atoms with Gasteiger partial charge in [-0.25, -0.2) is 4.39 Å². The van der Waals surface area contributed by atoms with Gasteiger partial charge < -0.3 is 10.2 Å². The number of benzene rings is 1. The molecule has 110 valence electrons. The second-order valence-electron chi connectivity index (χ2n) is 5.82. The molecule has 2 aliphatic heterocycles. The van der Waals surface area contributed by atoms with E-state index in [4.69, 9.17) is 0 Å². The van der Waals surface area contributed by atoms with Crippen LogP contribution < -0.4 is 5.32 Å². The zero-order valence-electron chi connectivity index (χ0n) is 11.7. The number of nitrogens with one attached hydrogen (secondary N) is 1. The number of carbonyl (C=O) groups excluding carboxylic acids is 1. The first-order valence-electron chi connectivity index (χ1n) is 6.91. The van der Waals surface area contributed by atoms with Gasteiger partial charge in [0.1, 0.15) is 5.82 Å². The molecule has 1 aromatic rings. The van der Waals surface area contributed by atoms with E-state index in [1.165, 1.54) is 6.07 Å². The molecule has 3 rings (SSSR count). The standard InChI is InChI=1S/C15H19FN2O.ClH/c1-9(2)15(19)18-6-5-14-12(8-18)11-7-10(16)3-4-13(11)17-14;/h3-4,7,9,12,14,17H,5-6,8H2,1-2H3;1H/t12-,14+;/m0./s1. The van der Waals surface area contributed by atoms with Gasteiger partial charge in [-0.1, -0.05) is 13.8 Å². The van der Waals surface area contributed by atoms with Gasteiger partial charge in [-0.05, 0) is 30.2 Å². The fourth-order valence-corrected chi connectivity index (χ4v) is 3.18. The summed E-state index contributed by atoms with van der Waals surface area (Å²) in [6.07, 6.45) is 0.930. The first kappa shape index (κ1) is 15.1. The molecule has 5 heteroatoms. The Kier molecular flexibility index (Phi) is 4.23. The van der Waals surface area contributed by atoms with E-state index >= 15 is 0 Å². The lowest BCUT2D eigenvalue weighted by Gasteiger charge is -2.36. The molecule has 0 spiro atoms. The third kappa shape index (κ3) is 2.49. The number of nitrogens with zero attached hydrogens (tertiary/aromatic N) is 1. The van der Waals surface area contributed by atoms with E-state index in [0.29, 0.717) is 12.6 Å². The maximum atomic E-state index is 13.4. The number of rotatable bonds is 1. The summed E-state index contributed by atoms with van der Waals surface area (Å²) in [7, 11) is 0. The van der Waals surface area contributed by atoms with E-state index in [9.17, 15) is 9.18 Å². The Morgan fingerprint density at radius 1 is 1.45 bits per heavy atom. The lowest BCUT2D eigenvalue weighted by atomic mass is 9.89. The van der Waals surface area contributed by atoms with Crippen molar-refractivity contribution in [1.29, 1.82) is 0 Å². The Balaban J connectivity index is 0.00000147. The largest absolute Gasteiger partial charge is 0.381 e. The van der Waals surface area contributed by atoms with E-state index in [0.717, 1.165) is 24.2 Å². The normalized spacial score (nSPS) is 23.7. The van der Waals surface area contributed by atoms with Gasteiger partial charge in [-0.3, -0.25) is 4.79 Å². The van der Waals surface area contributed by atoms with E-state index in [2.05, 4.69) is 5.32 Å². The highest BCUT2D eigenvalue weighted by Gasteiger charge is 2.38. The molecular formula is C15H20ClFN2O. The van der Waals surface area contributed by atoms with E-state index in [1.54, 1.807) is 12.1 Å². The van der Waals surface area contributed by atoms with Crippen molar-refractivity contribution < 1.29 is 9.18 Å². The predicted molar refractivity (Wildman–Crippen MR) is 79.8 cm³/mol. The van der Waals surface area contributed by atoms with E-state index in [1.807, 2.05) is 18.7 Å². The summed E-state index contributed by atoms with van der Waals surface area (Å²) in [5.74, 6) is 0.247. The maximum absolute atomic E-state index is 13.4. The van der Waals surface area contributed by atoms with Crippen LogP contribution in [0.1, 0.15) is 31.7 Å². The minimum atomic E-state index is -0.200. The minimum Gasteiger partial charge on any atom is -0.381 e. The Morgan fingerprint density at radius 3 is 2.90 bits per heavy atom. The number of anilines is 1. The van der Waals surface area contributed by atoms with Gasteiger partial charge in [-0.15, -0.1) is 12.4 Å². The molecule has 0 radical (unpaired) electrons. The average Bonchev–Trinajstić information content (AvgIpc) is 2.75. The fourth-order valence-electron chi connectivity index (χ4n) is 3.18. The molecule has 0 aromatic heterocycles. The van der Waals surface area contributed by atoms with Gasteiger partial charge in [0.2, 0.25) is 5.91 Å². The summed E-state index contributed by atoms with van der Waals surface area (Å²) in [4.78, 5) is 14.0. The molecule has 1 aromatic carbocycles. The molecule has 2 aliphatic rings. The number of carbonyl (C=O) groups is 1. The van der Waals surface area contributed by atoms with Crippen molar-refractivity contribution in [2.24, 2.45) is 5.92 Å². The van der Waals surface area contributed by atoms with Crippen molar-refractivity contribution in [2.45, 2.75) is 32.2 Å². The summed E-state index contributed by atoms with van der Waals surface area (Å²) in [5.41, 5.74) is 2.04. The predicted octanol–water partition coefficient (Wildman–Crippen LogP) is 3.01. The number of halogens is 2. The number of hydrogen-bond donors (Lipinski definition) is 1.